The van der Waals surface area contributed by atoms with Gasteiger partial charge in [0.2, 0.25) is 11.0 Å². The molecule has 3 nitrogen and oxygen atoms in total. The first kappa shape index (κ1) is 15.6. The van der Waals surface area contributed by atoms with Crippen LogP contribution in [0.5, 0.6) is 0 Å². The highest BCUT2D eigenvalue weighted by Gasteiger charge is 2.37. The Morgan fingerprint density at radius 2 is 1.89 bits per heavy atom. The van der Waals surface area contributed by atoms with E-state index >= 15 is 0 Å². The van der Waals surface area contributed by atoms with Crippen molar-refractivity contribution in [2.75, 3.05) is 4.72 Å². The van der Waals surface area contributed by atoms with Gasteiger partial charge in [-0.05, 0) is 18.2 Å². The number of nitrogens with one attached hydrogen (secondary N) is 1. The number of benzene rings is 1. The molecule has 0 heterocycles. The van der Waals surface area contributed by atoms with Gasteiger partial charge in [0.1, 0.15) is 5.82 Å². The van der Waals surface area contributed by atoms with Crippen LogP contribution in [0.4, 0.5) is 23.2 Å². The smallest absolute Gasteiger partial charge is 0.295 e. The van der Waals surface area contributed by atoms with E-state index in [4.69, 9.17) is 0 Å². The number of Topliss-reactive ketones (excluding diaryl/α,β-unsaturated/α-hetero) is 1. The molecule has 0 aromatic heterocycles. The molecule has 1 unspecified atom stereocenters. The third-order valence-corrected chi connectivity index (χ3v) is 3.02. The van der Waals surface area contributed by atoms with E-state index in [9.17, 15) is 26.6 Å². The van der Waals surface area contributed by atoms with Crippen LogP contribution in [0.2, 0.25) is 0 Å². The molecule has 106 valence electrons. The lowest BCUT2D eigenvalue weighted by Gasteiger charge is -2.10. The average molecular weight is 297 g/mol. The third-order valence-electron chi connectivity index (χ3n) is 2.19. The fourth-order valence-electron chi connectivity index (χ4n) is 1.24. The van der Waals surface area contributed by atoms with Gasteiger partial charge in [-0.25, -0.2) is 8.60 Å². The molecule has 1 atom stereocenters. The Morgan fingerprint density at radius 3 is 2.32 bits per heavy atom. The molecule has 0 saturated carbocycles. The van der Waals surface area contributed by atoms with Crippen LogP contribution in [0.1, 0.15) is 24.2 Å². The van der Waals surface area contributed by atoms with E-state index in [0.717, 1.165) is 12.1 Å². The van der Waals surface area contributed by atoms with Crippen molar-refractivity contribution in [3.8, 4) is 0 Å². The number of hydrogen-bond donors (Lipinski definition) is 1. The number of carbonyl (C=O) groups excluding carboxylic acids is 1. The van der Waals surface area contributed by atoms with E-state index in [1.165, 1.54) is 10.8 Å². The van der Waals surface area contributed by atoms with Crippen LogP contribution in [0.3, 0.4) is 0 Å². The molecule has 0 amide bonds. The van der Waals surface area contributed by atoms with Crippen LogP contribution >= 0.6 is 0 Å². The van der Waals surface area contributed by atoms with Crippen LogP contribution in [-0.4, -0.2) is 15.5 Å². The summed E-state index contributed by atoms with van der Waals surface area (Å²) in [4.78, 5) is 11.6. The number of halogens is 4. The lowest BCUT2D eigenvalue weighted by atomic mass is 10.0. The zero-order valence-electron chi connectivity index (χ0n) is 10.0. The Kier molecular flexibility index (Phi) is 4.67. The first-order valence-corrected chi connectivity index (χ1v) is 6.37. The molecule has 0 aliphatic carbocycles. The minimum Gasteiger partial charge on any atom is -0.295 e. The predicted octanol–water partition coefficient (Wildman–Crippen LogP) is 3.26. The first-order chi connectivity index (χ1) is 8.62. The van der Waals surface area contributed by atoms with Crippen molar-refractivity contribution in [2.24, 2.45) is 5.92 Å². The van der Waals surface area contributed by atoms with E-state index in [1.54, 1.807) is 13.8 Å². The van der Waals surface area contributed by atoms with Crippen LogP contribution < -0.4 is 4.72 Å². The van der Waals surface area contributed by atoms with Gasteiger partial charge in [-0.3, -0.25) is 9.52 Å². The quantitative estimate of drug-likeness (QED) is 0.685. The summed E-state index contributed by atoms with van der Waals surface area (Å²) in [5.74, 6) is -1.76. The Labute approximate surface area is 109 Å². The molecule has 0 bridgehead atoms. The zero-order chi connectivity index (χ0) is 14.8. The van der Waals surface area contributed by atoms with Gasteiger partial charge in [0.25, 0.3) is 0 Å². The monoisotopic (exact) mass is 297 g/mol. The molecular formula is C11H11F4NO2S. The van der Waals surface area contributed by atoms with Crippen molar-refractivity contribution in [1.82, 2.24) is 0 Å². The summed E-state index contributed by atoms with van der Waals surface area (Å²) in [6, 6.07) is 2.95. The largest absolute Gasteiger partial charge is 0.490 e. The van der Waals surface area contributed by atoms with E-state index in [2.05, 4.69) is 0 Å². The summed E-state index contributed by atoms with van der Waals surface area (Å²) in [6.07, 6.45) is 0. The van der Waals surface area contributed by atoms with Crippen LogP contribution in [-0.2, 0) is 11.0 Å². The second-order valence-corrected chi connectivity index (χ2v) is 5.23. The number of hydrogen-bond acceptors (Lipinski definition) is 2. The normalized spacial score (nSPS) is 13.4. The molecule has 1 rings (SSSR count). The standard InChI is InChI=1S/C11H11F4NO2S/c1-6(2)10(17)7-3-4-9(8(12)5-7)16-19(18)11(13,14)15/h3-6,16H,1-2H3. The molecule has 1 aromatic carbocycles. The number of ketones is 1. The van der Waals surface area contributed by atoms with Gasteiger partial charge < -0.3 is 0 Å². The van der Waals surface area contributed by atoms with Gasteiger partial charge in [0.15, 0.2) is 5.78 Å². The summed E-state index contributed by atoms with van der Waals surface area (Å²) < 4.78 is 61.9. The second-order valence-electron chi connectivity index (χ2n) is 4.03. The lowest BCUT2D eigenvalue weighted by Crippen LogP contribution is -2.23. The van der Waals surface area contributed by atoms with Gasteiger partial charge in [0.05, 0.1) is 5.69 Å². The summed E-state index contributed by atoms with van der Waals surface area (Å²) in [6.45, 7) is 3.23. The van der Waals surface area contributed by atoms with Crippen molar-refractivity contribution in [3.63, 3.8) is 0 Å². The predicted molar refractivity (Wildman–Crippen MR) is 63.4 cm³/mol. The van der Waals surface area contributed by atoms with Crippen molar-refractivity contribution >= 4 is 22.5 Å². The average Bonchev–Trinajstić information content (AvgIpc) is 2.29. The van der Waals surface area contributed by atoms with Crippen LogP contribution in [0, 0.1) is 11.7 Å². The summed E-state index contributed by atoms with van der Waals surface area (Å²) in [5.41, 5.74) is -5.51. The molecule has 0 aliphatic heterocycles. The maximum atomic E-state index is 13.5. The van der Waals surface area contributed by atoms with Gasteiger partial charge >= 0.3 is 5.51 Å². The molecule has 0 aliphatic rings. The molecular weight excluding hydrogens is 286 g/mol. The summed E-state index contributed by atoms with van der Waals surface area (Å²) in [7, 11) is -3.40. The number of rotatable bonds is 4. The van der Waals surface area contributed by atoms with Crippen LogP contribution in [0.15, 0.2) is 18.2 Å². The van der Waals surface area contributed by atoms with Crippen molar-refractivity contribution in [2.45, 2.75) is 19.4 Å². The fourth-order valence-corrected chi connectivity index (χ4v) is 1.72. The summed E-state index contributed by atoms with van der Waals surface area (Å²) >= 11 is 0. The van der Waals surface area contributed by atoms with Crippen LogP contribution in [0.25, 0.3) is 0 Å². The molecule has 19 heavy (non-hydrogen) atoms. The summed E-state index contributed by atoms with van der Waals surface area (Å²) in [5, 5.41) is 0. The van der Waals surface area contributed by atoms with E-state index in [0.29, 0.717) is 0 Å². The second kappa shape index (κ2) is 5.68. The van der Waals surface area contributed by atoms with Crippen molar-refractivity contribution < 1.29 is 26.6 Å². The lowest BCUT2D eigenvalue weighted by molar-refractivity contribution is -0.0379. The Hall–Kier alpha value is -1.44. The molecule has 0 radical (unpaired) electrons. The van der Waals surface area contributed by atoms with Gasteiger partial charge in [-0.15, -0.1) is 0 Å². The van der Waals surface area contributed by atoms with E-state index in [1.807, 2.05) is 0 Å². The molecule has 8 heteroatoms. The zero-order valence-corrected chi connectivity index (χ0v) is 10.9. The van der Waals surface area contributed by atoms with Gasteiger partial charge in [0, 0.05) is 11.5 Å². The minimum atomic E-state index is -4.99. The Morgan fingerprint density at radius 1 is 1.32 bits per heavy atom. The third kappa shape index (κ3) is 4.02. The van der Waals surface area contributed by atoms with E-state index in [-0.39, 0.29) is 17.3 Å². The minimum absolute atomic E-state index is 0.0517. The Balaban J connectivity index is 2.96. The number of carbonyl (C=O) groups is 1. The molecule has 1 N–H and O–H groups in total. The SMILES string of the molecule is CC(C)C(=O)c1ccc(NS(=O)C(F)(F)F)c(F)c1. The molecule has 0 fully saturated rings. The van der Waals surface area contributed by atoms with E-state index < -0.39 is 28.0 Å². The topological polar surface area (TPSA) is 46.2 Å². The van der Waals surface area contributed by atoms with Crippen molar-refractivity contribution in [3.05, 3.63) is 29.6 Å². The Bertz CT molecular complexity index is 514. The van der Waals surface area contributed by atoms with Crippen molar-refractivity contribution in [1.29, 1.82) is 0 Å². The molecule has 1 aromatic rings. The number of anilines is 1. The fraction of sp³-hybridized carbons (Fsp3) is 0.364. The van der Waals surface area contributed by atoms with Gasteiger partial charge in [-0.1, -0.05) is 13.8 Å². The highest BCUT2D eigenvalue weighted by atomic mass is 32.2. The first-order valence-electron chi connectivity index (χ1n) is 5.22. The maximum absolute atomic E-state index is 13.5. The molecule has 0 saturated heterocycles. The highest BCUT2D eigenvalue weighted by molar-refractivity contribution is 7.87. The molecule has 0 spiro atoms. The highest BCUT2D eigenvalue weighted by Crippen LogP contribution is 2.24. The maximum Gasteiger partial charge on any atom is 0.490 e. The van der Waals surface area contributed by atoms with Gasteiger partial charge in [-0.2, -0.15) is 13.2 Å². The number of alkyl halides is 3.